The lowest BCUT2D eigenvalue weighted by Gasteiger charge is -2.32. The zero-order valence-corrected chi connectivity index (χ0v) is 13.7. The third kappa shape index (κ3) is 3.71. The molecule has 1 aliphatic rings. The number of hydrogen-bond acceptors (Lipinski definition) is 4. The molecule has 116 valence electrons. The summed E-state index contributed by atoms with van der Waals surface area (Å²) in [6.45, 7) is 7.09. The molecule has 0 radical (unpaired) electrons. The number of benzene rings is 1. The van der Waals surface area contributed by atoms with Crippen LogP contribution in [-0.4, -0.2) is 41.4 Å². The van der Waals surface area contributed by atoms with E-state index in [1.807, 2.05) is 49.9 Å². The van der Waals surface area contributed by atoms with Crippen molar-refractivity contribution in [3.05, 3.63) is 29.8 Å². The molecule has 1 atom stereocenters. The summed E-state index contributed by atoms with van der Waals surface area (Å²) in [5, 5.41) is 9.43. The van der Waals surface area contributed by atoms with Crippen molar-refractivity contribution >= 4 is 17.7 Å². The summed E-state index contributed by atoms with van der Waals surface area (Å²) < 4.78 is 5.69. The molecule has 1 N–H and O–H groups in total. The van der Waals surface area contributed by atoms with Crippen molar-refractivity contribution < 1.29 is 14.6 Å². The Bertz CT molecular complexity index is 504. The molecule has 0 spiro atoms. The van der Waals surface area contributed by atoms with Gasteiger partial charge in [-0.1, -0.05) is 32.0 Å². The number of para-hydroxylation sites is 1. The van der Waals surface area contributed by atoms with Gasteiger partial charge in [-0.05, 0) is 13.0 Å². The van der Waals surface area contributed by atoms with Crippen LogP contribution in [0.25, 0.3) is 0 Å². The van der Waals surface area contributed by atoms with Gasteiger partial charge in [-0.25, -0.2) is 0 Å². The summed E-state index contributed by atoms with van der Waals surface area (Å²) in [5.74, 6) is 1.43. The number of thioether (sulfide) groups is 1. The van der Waals surface area contributed by atoms with Crippen LogP contribution in [0, 0.1) is 5.41 Å². The molecule has 1 aromatic rings. The van der Waals surface area contributed by atoms with Crippen LogP contribution in [0.15, 0.2) is 24.3 Å². The molecule has 0 saturated carbocycles. The van der Waals surface area contributed by atoms with E-state index in [2.05, 4.69) is 0 Å². The maximum Gasteiger partial charge on any atom is 0.233 e. The minimum atomic E-state index is -0.306. The van der Waals surface area contributed by atoms with Gasteiger partial charge in [0.05, 0.1) is 12.4 Å². The second-order valence-electron chi connectivity index (χ2n) is 5.98. The summed E-state index contributed by atoms with van der Waals surface area (Å²) in [6.07, 6.45) is 0. The number of hydrogen-bond donors (Lipinski definition) is 1. The average Bonchev–Trinajstić information content (AvgIpc) is 2.81. The molecule has 2 rings (SSSR count). The molecule has 1 fully saturated rings. The van der Waals surface area contributed by atoms with Crippen LogP contribution < -0.4 is 4.74 Å². The number of aliphatic hydroxyl groups excluding tert-OH is 1. The van der Waals surface area contributed by atoms with Crippen LogP contribution >= 0.6 is 11.8 Å². The average molecular weight is 309 g/mol. The van der Waals surface area contributed by atoms with Crippen molar-refractivity contribution in [2.24, 2.45) is 5.41 Å². The summed E-state index contributed by atoms with van der Waals surface area (Å²) in [5.41, 5.74) is 0.725. The number of carbonyl (C=O) groups excluding carboxylic acids is 1. The van der Waals surface area contributed by atoms with E-state index >= 15 is 0 Å². The van der Waals surface area contributed by atoms with Crippen molar-refractivity contribution in [2.45, 2.75) is 26.1 Å². The smallest absolute Gasteiger partial charge is 0.233 e. The highest BCUT2D eigenvalue weighted by molar-refractivity contribution is 8.00. The number of ether oxygens (including phenoxy) is 1. The van der Waals surface area contributed by atoms with E-state index < -0.39 is 0 Å². The molecule has 0 aliphatic carbocycles. The van der Waals surface area contributed by atoms with E-state index in [1.54, 1.807) is 11.8 Å². The zero-order valence-electron chi connectivity index (χ0n) is 12.8. The van der Waals surface area contributed by atoms with Crippen LogP contribution in [0.5, 0.6) is 5.75 Å². The van der Waals surface area contributed by atoms with E-state index in [9.17, 15) is 9.90 Å². The number of amides is 1. The Morgan fingerprint density at radius 2 is 2.14 bits per heavy atom. The molecule has 1 aliphatic heterocycles. The molecule has 5 heteroatoms. The number of aliphatic hydroxyl groups is 1. The Morgan fingerprint density at radius 1 is 1.43 bits per heavy atom. The second kappa shape index (κ2) is 6.71. The Balaban J connectivity index is 2.27. The van der Waals surface area contributed by atoms with Gasteiger partial charge < -0.3 is 14.7 Å². The first-order valence-corrected chi connectivity index (χ1v) is 8.27. The van der Waals surface area contributed by atoms with Crippen LogP contribution in [0.4, 0.5) is 0 Å². The Labute approximate surface area is 130 Å². The Hall–Kier alpha value is -1.20. The van der Waals surface area contributed by atoms with Gasteiger partial charge in [0.25, 0.3) is 0 Å². The summed E-state index contributed by atoms with van der Waals surface area (Å²) in [4.78, 5) is 14.1. The maximum atomic E-state index is 12.2. The van der Waals surface area contributed by atoms with Crippen LogP contribution in [0.2, 0.25) is 0 Å². The first kappa shape index (κ1) is 16.2. The predicted molar refractivity (Wildman–Crippen MR) is 85.4 cm³/mol. The monoisotopic (exact) mass is 309 g/mol. The summed E-state index contributed by atoms with van der Waals surface area (Å²) in [6, 6.07) is 7.87. The molecule has 1 aromatic carbocycles. The molecule has 1 unspecified atom stereocenters. The van der Waals surface area contributed by atoms with Gasteiger partial charge in [0.1, 0.15) is 11.1 Å². The van der Waals surface area contributed by atoms with E-state index in [0.29, 0.717) is 18.9 Å². The SMILES string of the molecule is CCOc1ccccc1C1SCC(=O)N1CC(C)(C)CO. The molecule has 1 saturated heterocycles. The third-order valence-electron chi connectivity index (χ3n) is 3.48. The van der Waals surface area contributed by atoms with Crippen LogP contribution in [0.3, 0.4) is 0 Å². The van der Waals surface area contributed by atoms with Gasteiger partial charge in [0.15, 0.2) is 0 Å². The highest BCUT2D eigenvalue weighted by Gasteiger charge is 2.37. The number of rotatable bonds is 6. The molecule has 4 nitrogen and oxygen atoms in total. The largest absolute Gasteiger partial charge is 0.493 e. The van der Waals surface area contributed by atoms with Gasteiger partial charge in [0.2, 0.25) is 5.91 Å². The van der Waals surface area contributed by atoms with Crippen molar-refractivity contribution in [2.75, 3.05) is 25.5 Å². The van der Waals surface area contributed by atoms with Gasteiger partial charge in [-0.15, -0.1) is 11.8 Å². The van der Waals surface area contributed by atoms with Crippen LogP contribution in [-0.2, 0) is 4.79 Å². The summed E-state index contributed by atoms with van der Waals surface area (Å²) >= 11 is 1.62. The minimum absolute atomic E-state index is 0.0360. The lowest BCUT2D eigenvalue weighted by atomic mass is 9.94. The van der Waals surface area contributed by atoms with E-state index in [4.69, 9.17) is 4.74 Å². The summed E-state index contributed by atoms with van der Waals surface area (Å²) in [7, 11) is 0. The first-order chi connectivity index (χ1) is 9.98. The topological polar surface area (TPSA) is 49.8 Å². The van der Waals surface area contributed by atoms with E-state index in [1.165, 1.54) is 0 Å². The van der Waals surface area contributed by atoms with Crippen LogP contribution in [0.1, 0.15) is 31.7 Å². The molecule has 1 amide bonds. The molecule has 0 bridgehead atoms. The van der Waals surface area contributed by atoms with Gasteiger partial charge in [-0.2, -0.15) is 0 Å². The molecule has 1 heterocycles. The molecular weight excluding hydrogens is 286 g/mol. The predicted octanol–water partition coefficient (Wildman–Crippen LogP) is 2.68. The fraction of sp³-hybridized carbons (Fsp3) is 0.562. The molecular formula is C16H23NO3S. The Kier molecular flexibility index (Phi) is 5.17. The minimum Gasteiger partial charge on any atom is -0.493 e. The van der Waals surface area contributed by atoms with Crippen molar-refractivity contribution in [1.82, 2.24) is 4.90 Å². The van der Waals surface area contributed by atoms with Gasteiger partial charge >= 0.3 is 0 Å². The first-order valence-electron chi connectivity index (χ1n) is 7.22. The zero-order chi connectivity index (χ0) is 15.5. The van der Waals surface area contributed by atoms with Crippen molar-refractivity contribution in [3.8, 4) is 5.75 Å². The van der Waals surface area contributed by atoms with Gasteiger partial charge in [-0.3, -0.25) is 4.79 Å². The maximum absolute atomic E-state index is 12.2. The highest BCUT2D eigenvalue weighted by atomic mass is 32.2. The quantitative estimate of drug-likeness (QED) is 0.878. The fourth-order valence-corrected chi connectivity index (χ4v) is 3.58. The second-order valence-corrected chi connectivity index (χ2v) is 7.05. The third-order valence-corrected chi connectivity index (χ3v) is 4.72. The number of nitrogens with zero attached hydrogens (tertiary/aromatic N) is 1. The standard InChI is InChI=1S/C16H23NO3S/c1-4-20-13-8-6-5-7-12(13)15-17(14(19)9-21-15)10-16(2,3)11-18/h5-8,15,18H,4,9-11H2,1-3H3. The fourth-order valence-electron chi connectivity index (χ4n) is 2.37. The Morgan fingerprint density at radius 3 is 2.81 bits per heavy atom. The van der Waals surface area contributed by atoms with E-state index in [-0.39, 0.29) is 23.3 Å². The normalized spacial score (nSPS) is 19.1. The van der Waals surface area contributed by atoms with Gasteiger partial charge in [0, 0.05) is 24.1 Å². The lowest BCUT2D eigenvalue weighted by molar-refractivity contribution is -0.129. The van der Waals surface area contributed by atoms with Crippen molar-refractivity contribution in [1.29, 1.82) is 0 Å². The molecule has 21 heavy (non-hydrogen) atoms. The number of carbonyl (C=O) groups is 1. The lowest BCUT2D eigenvalue weighted by Crippen LogP contribution is -2.38. The van der Waals surface area contributed by atoms with Crippen molar-refractivity contribution in [3.63, 3.8) is 0 Å². The molecule has 0 aromatic heterocycles. The van der Waals surface area contributed by atoms with E-state index in [0.717, 1.165) is 11.3 Å². The highest BCUT2D eigenvalue weighted by Crippen LogP contribution is 2.43.